The highest BCUT2D eigenvalue weighted by atomic mass is 32.2. The third-order valence-electron chi connectivity index (χ3n) is 3.37. The minimum Gasteiger partial charge on any atom is -0.465 e. The number of ether oxygens (including phenoxy) is 1. The van der Waals surface area contributed by atoms with Crippen LogP contribution in [-0.2, 0) is 14.8 Å². The predicted molar refractivity (Wildman–Crippen MR) is 78.9 cm³/mol. The van der Waals surface area contributed by atoms with Gasteiger partial charge < -0.3 is 9.64 Å². The normalized spacial score (nSPS) is 17.2. The molecular formula is C14H18N2O4S. The molecule has 0 saturated carbocycles. The maximum Gasteiger partial charge on any atom is 0.337 e. The molecule has 1 aliphatic heterocycles. The molecule has 0 unspecified atom stereocenters. The molecular weight excluding hydrogens is 292 g/mol. The lowest BCUT2D eigenvalue weighted by molar-refractivity contribution is 0.0600. The van der Waals surface area contributed by atoms with Crippen molar-refractivity contribution >= 4 is 21.8 Å². The number of nitrogens with zero attached hydrogens (tertiary/aromatic N) is 2. The molecule has 1 aliphatic rings. The summed E-state index contributed by atoms with van der Waals surface area (Å²) in [4.78, 5) is 13.4. The molecule has 0 N–H and O–H groups in total. The fourth-order valence-electron chi connectivity index (χ4n) is 2.23. The Balaban J connectivity index is 2.28. The average Bonchev–Trinajstić information content (AvgIpc) is 2.93. The topological polar surface area (TPSA) is 76.0 Å². The number of methoxy groups -OCH3 is 1. The van der Waals surface area contributed by atoms with Crippen molar-refractivity contribution in [2.24, 2.45) is 4.40 Å². The fraction of sp³-hybridized carbons (Fsp3) is 0.429. The van der Waals surface area contributed by atoms with E-state index in [1.165, 1.54) is 31.4 Å². The van der Waals surface area contributed by atoms with Crippen molar-refractivity contribution < 1.29 is 17.9 Å². The van der Waals surface area contributed by atoms with Gasteiger partial charge in [0.25, 0.3) is 10.0 Å². The van der Waals surface area contributed by atoms with E-state index in [9.17, 15) is 13.2 Å². The molecule has 21 heavy (non-hydrogen) atoms. The first-order valence-electron chi connectivity index (χ1n) is 6.75. The highest BCUT2D eigenvalue weighted by Gasteiger charge is 2.21. The van der Waals surface area contributed by atoms with Crippen molar-refractivity contribution in [3.8, 4) is 0 Å². The van der Waals surface area contributed by atoms with Crippen LogP contribution in [0, 0.1) is 0 Å². The quantitative estimate of drug-likeness (QED) is 0.791. The molecule has 1 aromatic rings. The van der Waals surface area contributed by atoms with Crippen molar-refractivity contribution in [1.29, 1.82) is 0 Å². The fourth-order valence-corrected chi connectivity index (χ4v) is 3.30. The van der Waals surface area contributed by atoms with Crippen molar-refractivity contribution in [3.63, 3.8) is 0 Å². The first-order valence-corrected chi connectivity index (χ1v) is 8.19. The lowest BCUT2D eigenvalue weighted by Crippen LogP contribution is -2.25. The SMILES string of the molecule is CCN1CCC/C1=N/S(=O)(=O)c1ccc(C(=O)OC)cc1. The van der Waals surface area contributed by atoms with Gasteiger partial charge in [-0.1, -0.05) is 0 Å². The zero-order valence-corrected chi connectivity index (χ0v) is 12.9. The van der Waals surface area contributed by atoms with E-state index in [0.29, 0.717) is 17.8 Å². The number of hydrogen-bond donors (Lipinski definition) is 0. The van der Waals surface area contributed by atoms with Gasteiger partial charge in [-0.3, -0.25) is 0 Å². The van der Waals surface area contributed by atoms with E-state index in [2.05, 4.69) is 9.13 Å². The maximum absolute atomic E-state index is 12.3. The highest BCUT2D eigenvalue weighted by molar-refractivity contribution is 7.90. The van der Waals surface area contributed by atoms with Crippen LogP contribution in [0.25, 0.3) is 0 Å². The van der Waals surface area contributed by atoms with Gasteiger partial charge in [-0.15, -0.1) is 4.40 Å². The van der Waals surface area contributed by atoms with E-state index >= 15 is 0 Å². The summed E-state index contributed by atoms with van der Waals surface area (Å²) in [6.45, 7) is 3.56. The number of likely N-dealkylation sites (tertiary alicyclic amines) is 1. The zero-order chi connectivity index (χ0) is 15.5. The molecule has 2 rings (SSSR count). The Bertz CT molecular complexity index is 650. The van der Waals surface area contributed by atoms with E-state index < -0.39 is 16.0 Å². The van der Waals surface area contributed by atoms with Crippen LogP contribution in [-0.4, -0.2) is 45.3 Å². The monoisotopic (exact) mass is 310 g/mol. The molecule has 0 spiro atoms. The third-order valence-corrected chi connectivity index (χ3v) is 4.69. The second kappa shape index (κ2) is 6.26. The minimum absolute atomic E-state index is 0.0746. The maximum atomic E-state index is 12.3. The first-order chi connectivity index (χ1) is 9.97. The third kappa shape index (κ3) is 3.41. The molecule has 1 aromatic carbocycles. The summed E-state index contributed by atoms with van der Waals surface area (Å²) in [5, 5.41) is 0. The summed E-state index contributed by atoms with van der Waals surface area (Å²) >= 11 is 0. The van der Waals surface area contributed by atoms with Gasteiger partial charge in [-0.2, -0.15) is 8.42 Å². The molecule has 0 aliphatic carbocycles. The van der Waals surface area contributed by atoms with Gasteiger partial charge in [-0.05, 0) is 37.6 Å². The Labute approximate surface area is 124 Å². The van der Waals surface area contributed by atoms with Gasteiger partial charge in [0, 0.05) is 19.5 Å². The van der Waals surface area contributed by atoms with E-state index in [1.807, 2.05) is 11.8 Å². The van der Waals surface area contributed by atoms with Crippen LogP contribution in [0.2, 0.25) is 0 Å². The number of esters is 1. The van der Waals surface area contributed by atoms with Gasteiger partial charge in [-0.25, -0.2) is 4.79 Å². The summed E-state index contributed by atoms with van der Waals surface area (Å²) in [6, 6.07) is 5.59. The van der Waals surface area contributed by atoms with Crippen molar-refractivity contribution in [2.45, 2.75) is 24.7 Å². The minimum atomic E-state index is -3.74. The summed E-state index contributed by atoms with van der Waals surface area (Å²) in [5.41, 5.74) is 0.306. The van der Waals surface area contributed by atoms with Gasteiger partial charge in [0.05, 0.1) is 17.6 Å². The molecule has 1 saturated heterocycles. The number of benzene rings is 1. The lowest BCUT2D eigenvalue weighted by atomic mass is 10.2. The van der Waals surface area contributed by atoms with E-state index in [4.69, 9.17) is 0 Å². The number of sulfonamides is 1. The number of hydrogen-bond acceptors (Lipinski definition) is 4. The zero-order valence-electron chi connectivity index (χ0n) is 12.1. The summed E-state index contributed by atoms with van der Waals surface area (Å²) in [7, 11) is -2.47. The summed E-state index contributed by atoms with van der Waals surface area (Å²) in [5.74, 6) is 0.104. The van der Waals surface area contributed by atoms with Crippen LogP contribution < -0.4 is 0 Å². The molecule has 0 bridgehead atoms. The predicted octanol–water partition coefficient (Wildman–Crippen LogP) is 1.68. The Morgan fingerprint density at radius 1 is 1.33 bits per heavy atom. The van der Waals surface area contributed by atoms with Crippen LogP contribution in [0.1, 0.15) is 30.1 Å². The Morgan fingerprint density at radius 3 is 2.57 bits per heavy atom. The standard InChI is InChI=1S/C14H18N2O4S/c1-3-16-10-4-5-13(16)15-21(18,19)12-8-6-11(7-9-12)14(17)20-2/h6-9H,3-5,10H2,1-2H3/b15-13-. The Morgan fingerprint density at radius 2 is 2.00 bits per heavy atom. The number of rotatable bonds is 4. The Kier molecular flexibility index (Phi) is 4.62. The molecule has 1 fully saturated rings. The van der Waals surface area contributed by atoms with Crippen molar-refractivity contribution in [2.75, 3.05) is 20.2 Å². The molecule has 114 valence electrons. The Hall–Kier alpha value is -1.89. The van der Waals surface area contributed by atoms with E-state index in [0.717, 1.165) is 19.5 Å². The summed E-state index contributed by atoms with van der Waals surface area (Å²) < 4.78 is 33.0. The number of amidine groups is 1. The highest BCUT2D eigenvalue weighted by Crippen LogP contribution is 2.18. The molecule has 0 atom stereocenters. The van der Waals surface area contributed by atoms with Gasteiger partial charge in [0.2, 0.25) is 0 Å². The molecule has 0 aromatic heterocycles. The second-order valence-corrected chi connectivity index (χ2v) is 6.29. The van der Waals surface area contributed by atoms with Crippen molar-refractivity contribution in [3.05, 3.63) is 29.8 Å². The van der Waals surface area contributed by atoms with Crippen LogP contribution in [0.4, 0.5) is 0 Å². The van der Waals surface area contributed by atoms with Crippen LogP contribution in [0.5, 0.6) is 0 Å². The molecule has 0 radical (unpaired) electrons. The van der Waals surface area contributed by atoms with Crippen LogP contribution in [0.3, 0.4) is 0 Å². The largest absolute Gasteiger partial charge is 0.465 e. The number of carbonyl (C=O) groups excluding carboxylic acids is 1. The first kappa shape index (κ1) is 15.5. The number of carbonyl (C=O) groups is 1. The lowest BCUT2D eigenvalue weighted by Gasteiger charge is -2.15. The molecule has 7 heteroatoms. The molecule has 6 nitrogen and oxygen atoms in total. The second-order valence-electron chi connectivity index (χ2n) is 4.68. The molecule has 1 heterocycles. The van der Waals surface area contributed by atoms with Crippen molar-refractivity contribution in [1.82, 2.24) is 4.90 Å². The summed E-state index contributed by atoms with van der Waals surface area (Å²) in [6.07, 6.45) is 1.59. The smallest absolute Gasteiger partial charge is 0.337 e. The molecule has 0 amide bonds. The van der Waals surface area contributed by atoms with Gasteiger partial charge in [0.15, 0.2) is 0 Å². The van der Waals surface area contributed by atoms with Gasteiger partial charge in [0.1, 0.15) is 5.84 Å². The average molecular weight is 310 g/mol. The van der Waals surface area contributed by atoms with E-state index in [-0.39, 0.29) is 4.90 Å². The van der Waals surface area contributed by atoms with E-state index in [1.54, 1.807) is 0 Å². The van der Waals surface area contributed by atoms with Gasteiger partial charge >= 0.3 is 5.97 Å². The van der Waals surface area contributed by atoms with Crippen LogP contribution in [0.15, 0.2) is 33.6 Å². The van der Waals surface area contributed by atoms with Crippen LogP contribution >= 0.6 is 0 Å².